The van der Waals surface area contributed by atoms with E-state index in [-0.39, 0.29) is 11.9 Å². The molecule has 4 heteroatoms. The summed E-state index contributed by atoms with van der Waals surface area (Å²) in [6, 6.07) is 7.28. The Hall–Kier alpha value is -1.06. The molecule has 20 heavy (non-hydrogen) atoms. The molecule has 3 nitrogen and oxygen atoms in total. The summed E-state index contributed by atoms with van der Waals surface area (Å²) >= 11 is 5.85. The van der Waals surface area contributed by atoms with Gasteiger partial charge in [0.15, 0.2) is 6.04 Å². The number of hydrogen-bond donors (Lipinski definition) is 2. The first kappa shape index (κ1) is 15.3. The normalized spacial score (nSPS) is 18.9. The van der Waals surface area contributed by atoms with Gasteiger partial charge in [-0.25, -0.2) is 0 Å². The Kier molecular flexibility index (Phi) is 5.86. The van der Waals surface area contributed by atoms with Gasteiger partial charge in [-0.05, 0) is 56.9 Å². The number of hydrogen-bond acceptors (Lipinski definition) is 1. The topological polar surface area (TPSA) is 33.5 Å². The van der Waals surface area contributed by atoms with Gasteiger partial charge in [-0.2, -0.15) is 0 Å². The van der Waals surface area contributed by atoms with Gasteiger partial charge in [0.25, 0.3) is 5.91 Å². The Morgan fingerprint density at radius 1 is 1.10 bits per heavy atom. The summed E-state index contributed by atoms with van der Waals surface area (Å²) in [4.78, 5) is 13.7. The number of anilines is 1. The minimum atomic E-state index is 0.00350. The van der Waals surface area contributed by atoms with Gasteiger partial charge in [-0.1, -0.05) is 18.0 Å². The lowest BCUT2D eigenvalue weighted by atomic mass is 10.1. The number of benzene rings is 1. The SMILES string of the molecule is C[C@H](C(=O)Nc1ccc(Cl)cc1)[NH+]1CCCCCCC1. The van der Waals surface area contributed by atoms with Gasteiger partial charge in [0.1, 0.15) is 0 Å². The van der Waals surface area contributed by atoms with E-state index in [0.717, 1.165) is 18.8 Å². The molecular formula is C16H24ClN2O+. The molecule has 0 spiro atoms. The molecule has 1 aromatic carbocycles. The predicted molar refractivity (Wildman–Crippen MR) is 83.3 cm³/mol. The molecule has 0 unspecified atom stereocenters. The molecule has 1 saturated heterocycles. The van der Waals surface area contributed by atoms with Crippen molar-refractivity contribution < 1.29 is 9.69 Å². The number of carbonyl (C=O) groups is 1. The highest BCUT2D eigenvalue weighted by Gasteiger charge is 2.25. The van der Waals surface area contributed by atoms with E-state index in [2.05, 4.69) is 5.32 Å². The summed E-state index contributed by atoms with van der Waals surface area (Å²) in [6.07, 6.45) is 6.41. The Bertz CT molecular complexity index is 425. The van der Waals surface area contributed by atoms with Crippen LogP contribution >= 0.6 is 11.6 Å². The van der Waals surface area contributed by atoms with E-state index in [9.17, 15) is 4.79 Å². The van der Waals surface area contributed by atoms with Crippen LogP contribution in [0.4, 0.5) is 5.69 Å². The fourth-order valence-corrected chi connectivity index (χ4v) is 2.89. The highest BCUT2D eigenvalue weighted by atomic mass is 35.5. The molecule has 1 aliphatic heterocycles. The van der Waals surface area contributed by atoms with Crippen LogP contribution in [-0.2, 0) is 4.79 Å². The third-order valence-corrected chi connectivity index (χ3v) is 4.37. The van der Waals surface area contributed by atoms with E-state index in [1.165, 1.54) is 37.0 Å². The van der Waals surface area contributed by atoms with Crippen LogP contribution in [0.3, 0.4) is 0 Å². The van der Waals surface area contributed by atoms with Crippen LogP contribution in [-0.4, -0.2) is 25.0 Å². The maximum absolute atomic E-state index is 12.3. The predicted octanol–water partition coefficient (Wildman–Crippen LogP) is 2.52. The highest BCUT2D eigenvalue weighted by Crippen LogP contribution is 2.13. The number of likely N-dealkylation sites (tertiary alicyclic amines) is 1. The number of halogens is 1. The molecule has 1 aromatic rings. The zero-order valence-electron chi connectivity index (χ0n) is 12.1. The zero-order valence-corrected chi connectivity index (χ0v) is 12.9. The molecule has 0 aliphatic carbocycles. The Labute approximate surface area is 126 Å². The molecule has 0 radical (unpaired) electrons. The molecule has 2 N–H and O–H groups in total. The molecule has 0 saturated carbocycles. The van der Waals surface area contributed by atoms with Crippen molar-refractivity contribution in [3.05, 3.63) is 29.3 Å². The molecule has 110 valence electrons. The van der Waals surface area contributed by atoms with E-state index in [4.69, 9.17) is 11.6 Å². The highest BCUT2D eigenvalue weighted by molar-refractivity contribution is 6.30. The maximum atomic E-state index is 12.3. The van der Waals surface area contributed by atoms with Crippen LogP contribution in [0.2, 0.25) is 5.02 Å². The second kappa shape index (κ2) is 7.65. The second-order valence-corrected chi connectivity index (χ2v) is 6.08. The van der Waals surface area contributed by atoms with Crippen LogP contribution in [0.1, 0.15) is 39.0 Å². The maximum Gasteiger partial charge on any atom is 0.282 e. The second-order valence-electron chi connectivity index (χ2n) is 5.64. The molecule has 1 aliphatic rings. The molecule has 1 heterocycles. The fourth-order valence-electron chi connectivity index (χ4n) is 2.76. The summed E-state index contributed by atoms with van der Waals surface area (Å²) < 4.78 is 0. The Morgan fingerprint density at radius 2 is 1.65 bits per heavy atom. The summed E-state index contributed by atoms with van der Waals surface area (Å²) in [6.45, 7) is 4.24. The average Bonchev–Trinajstić information content (AvgIpc) is 2.40. The molecule has 0 bridgehead atoms. The Morgan fingerprint density at radius 3 is 2.25 bits per heavy atom. The van der Waals surface area contributed by atoms with Gasteiger partial charge in [0.05, 0.1) is 13.1 Å². The number of amides is 1. The van der Waals surface area contributed by atoms with Crippen LogP contribution in [0.5, 0.6) is 0 Å². The third-order valence-electron chi connectivity index (χ3n) is 4.11. The van der Waals surface area contributed by atoms with Gasteiger partial charge in [-0.3, -0.25) is 4.79 Å². The summed E-state index contributed by atoms with van der Waals surface area (Å²) in [5, 5.41) is 3.67. The van der Waals surface area contributed by atoms with Crippen molar-refractivity contribution in [2.75, 3.05) is 18.4 Å². The van der Waals surface area contributed by atoms with Gasteiger partial charge in [-0.15, -0.1) is 0 Å². The third kappa shape index (κ3) is 4.50. The van der Waals surface area contributed by atoms with Crippen molar-refractivity contribution in [3.63, 3.8) is 0 Å². The molecule has 1 amide bonds. The minimum Gasteiger partial charge on any atom is -0.325 e. The van der Waals surface area contributed by atoms with E-state index >= 15 is 0 Å². The number of quaternary nitrogens is 1. The van der Waals surface area contributed by atoms with Gasteiger partial charge in [0, 0.05) is 10.7 Å². The molecule has 1 fully saturated rings. The van der Waals surface area contributed by atoms with Crippen molar-refractivity contribution in [3.8, 4) is 0 Å². The standard InChI is InChI=1S/C16H23ClN2O/c1-13(19-11-5-3-2-4-6-12-19)16(20)18-15-9-7-14(17)8-10-15/h7-10,13H,2-6,11-12H2,1H3,(H,18,20)/p+1/t13-/m1/s1. The molecule has 1 atom stereocenters. The zero-order chi connectivity index (χ0) is 14.4. The average molecular weight is 296 g/mol. The van der Waals surface area contributed by atoms with Crippen LogP contribution < -0.4 is 10.2 Å². The fraction of sp³-hybridized carbons (Fsp3) is 0.562. The van der Waals surface area contributed by atoms with Gasteiger partial charge >= 0.3 is 0 Å². The van der Waals surface area contributed by atoms with E-state index in [1.807, 2.05) is 19.1 Å². The van der Waals surface area contributed by atoms with Crippen molar-refractivity contribution in [2.24, 2.45) is 0 Å². The van der Waals surface area contributed by atoms with Crippen molar-refractivity contribution in [1.82, 2.24) is 0 Å². The largest absolute Gasteiger partial charge is 0.325 e. The van der Waals surface area contributed by atoms with Crippen molar-refractivity contribution in [2.45, 2.75) is 45.1 Å². The van der Waals surface area contributed by atoms with E-state index < -0.39 is 0 Å². The molecular weight excluding hydrogens is 272 g/mol. The first-order chi connectivity index (χ1) is 9.66. The lowest BCUT2D eigenvalue weighted by Crippen LogP contribution is -3.16. The van der Waals surface area contributed by atoms with Crippen LogP contribution in [0.15, 0.2) is 24.3 Å². The summed E-state index contributed by atoms with van der Waals surface area (Å²) in [5.41, 5.74) is 0.817. The lowest BCUT2D eigenvalue weighted by molar-refractivity contribution is -0.914. The first-order valence-electron chi connectivity index (χ1n) is 7.58. The number of rotatable bonds is 3. The smallest absolute Gasteiger partial charge is 0.282 e. The Balaban J connectivity index is 1.91. The molecule has 0 aromatic heterocycles. The van der Waals surface area contributed by atoms with Gasteiger partial charge in [0.2, 0.25) is 0 Å². The van der Waals surface area contributed by atoms with Crippen molar-refractivity contribution >= 4 is 23.2 Å². The molecule has 2 rings (SSSR count). The summed E-state index contributed by atoms with van der Waals surface area (Å²) in [7, 11) is 0. The lowest BCUT2D eigenvalue weighted by Gasteiger charge is -2.26. The van der Waals surface area contributed by atoms with Gasteiger partial charge < -0.3 is 10.2 Å². The quantitative estimate of drug-likeness (QED) is 0.883. The summed E-state index contributed by atoms with van der Waals surface area (Å²) in [5.74, 6) is 0.0999. The van der Waals surface area contributed by atoms with E-state index in [0.29, 0.717) is 5.02 Å². The number of nitrogens with one attached hydrogen (secondary N) is 2. The first-order valence-corrected chi connectivity index (χ1v) is 7.95. The monoisotopic (exact) mass is 295 g/mol. The van der Waals surface area contributed by atoms with Crippen LogP contribution in [0, 0.1) is 0 Å². The minimum absolute atomic E-state index is 0.00350. The van der Waals surface area contributed by atoms with Crippen LogP contribution in [0.25, 0.3) is 0 Å². The van der Waals surface area contributed by atoms with E-state index in [1.54, 1.807) is 12.1 Å². The van der Waals surface area contributed by atoms with Crippen molar-refractivity contribution in [1.29, 1.82) is 0 Å². The number of carbonyl (C=O) groups excluding carboxylic acids is 1.